The molecule has 1 amide bonds. The molecule has 0 saturated carbocycles. The molecule has 3 saturated heterocycles. The van der Waals surface area contributed by atoms with Gasteiger partial charge in [-0.05, 0) is 25.7 Å². The van der Waals surface area contributed by atoms with Crippen molar-refractivity contribution in [3.05, 3.63) is 0 Å². The Morgan fingerprint density at radius 3 is 2.12 bits per heavy atom. The van der Waals surface area contributed by atoms with Crippen LogP contribution in [0, 0.1) is 0 Å². The van der Waals surface area contributed by atoms with Gasteiger partial charge in [-0.2, -0.15) is 13.2 Å². The second-order valence-corrected chi connectivity index (χ2v) is 8.44. The normalized spacial score (nSPS) is 22.7. The summed E-state index contributed by atoms with van der Waals surface area (Å²) in [6.07, 6.45) is -2.52. The fourth-order valence-electron chi connectivity index (χ4n) is 4.43. The van der Waals surface area contributed by atoms with Crippen LogP contribution in [0.1, 0.15) is 25.7 Å². The van der Waals surface area contributed by atoms with Crippen LogP contribution in [0.5, 0.6) is 0 Å². The number of nitrogens with zero attached hydrogens (tertiary/aromatic N) is 3. The van der Waals surface area contributed by atoms with Gasteiger partial charge in [0.1, 0.15) is 6.61 Å². The molecule has 0 bridgehead atoms. The van der Waals surface area contributed by atoms with Gasteiger partial charge in [-0.15, -0.1) is 0 Å². The van der Waals surface area contributed by atoms with Crippen LogP contribution in [0.3, 0.4) is 0 Å². The molecule has 3 rings (SSSR count). The monoisotopic (exact) mass is 464 g/mol. The summed E-state index contributed by atoms with van der Waals surface area (Å²) in [6.45, 7) is 6.59. The molecule has 3 aliphatic rings. The van der Waals surface area contributed by atoms with Crippen molar-refractivity contribution in [1.29, 1.82) is 0 Å². The number of carbonyl (C=O) groups excluding carboxylic acids is 3. The maximum absolute atomic E-state index is 12.6. The Labute approximate surface area is 185 Å². The minimum absolute atomic E-state index is 0.0549. The lowest BCUT2D eigenvalue weighted by Crippen LogP contribution is -2.53. The molecule has 0 aromatic rings. The lowest BCUT2D eigenvalue weighted by molar-refractivity contribution is -0.203. The molecule has 1 N–H and O–H groups in total. The van der Waals surface area contributed by atoms with E-state index in [4.69, 9.17) is 4.74 Å². The predicted molar refractivity (Wildman–Crippen MR) is 107 cm³/mol. The summed E-state index contributed by atoms with van der Waals surface area (Å²) in [5.41, 5.74) is 0. The summed E-state index contributed by atoms with van der Waals surface area (Å²) in [5.74, 6) is -3.88. The van der Waals surface area contributed by atoms with Crippen molar-refractivity contribution >= 4 is 17.8 Å². The molecule has 12 heteroatoms. The fraction of sp³-hybridized carbons (Fsp3) is 0.850. The number of piperidine rings is 2. The molecule has 3 fully saturated rings. The first-order chi connectivity index (χ1) is 15.2. The van der Waals surface area contributed by atoms with E-state index >= 15 is 0 Å². The quantitative estimate of drug-likeness (QED) is 0.434. The van der Waals surface area contributed by atoms with E-state index in [9.17, 15) is 27.6 Å². The Hall–Kier alpha value is -1.76. The number of amides is 1. The molecule has 0 aromatic carbocycles. The van der Waals surface area contributed by atoms with E-state index in [0.717, 1.165) is 52.1 Å². The summed E-state index contributed by atoms with van der Waals surface area (Å²) in [4.78, 5) is 41.1. The van der Waals surface area contributed by atoms with E-state index in [1.807, 2.05) is 0 Å². The number of piperazine rings is 1. The zero-order chi connectivity index (χ0) is 23.1. The van der Waals surface area contributed by atoms with Gasteiger partial charge >= 0.3 is 18.1 Å². The summed E-state index contributed by atoms with van der Waals surface area (Å²) in [6, 6.07) is 0.592. The lowest BCUT2D eigenvalue weighted by Gasteiger charge is -2.40. The highest BCUT2D eigenvalue weighted by Gasteiger charge is 2.42. The van der Waals surface area contributed by atoms with Gasteiger partial charge in [-0.3, -0.25) is 14.6 Å². The minimum atomic E-state index is -5.22. The number of halogens is 3. The highest BCUT2D eigenvalue weighted by Crippen LogP contribution is 2.19. The number of carbonyl (C=O) groups is 3. The van der Waals surface area contributed by atoms with Gasteiger partial charge in [0.2, 0.25) is 5.91 Å². The molecule has 3 heterocycles. The minimum Gasteiger partial charge on any atom is -0.385 e. The Kier molecular flexibility index (Phi) is 8.86. The van der Waals surface area contributed by atoms with E-state index in [0.29, 0.717) is 38.5 Å². The van der Waals surface area contributed by atoms with Gasteiger partial charge in [0.05, 0.1) is 12.6 Å². The smallest absolute Gasteiger partial charge is 0.385 e. The average Bonchev–Trinajstić information content (AvgIpc) is 2.78. The maximum atomic E-state index is 12.6. The van der Waals surface area contributed by atoms with Crippen LogP contribution in [-0.4, -0.2) is 116 Å². The van der Waals surface area contributed by atoms with Crippen molar-refractivity contribution < 1.29 is 37.0 Å². The van der Waals surface area contributed by atoms with Crippen molar-refractivity contribution in [3.63, 3.8) is 0 Å². The van der Waals surface area contributed by atoms with Gasteiger partial charge < -0.3 is 19.7 Å². The van der Waals surface area contributed by atoms with Crippen molar-refractivity contribution in [2.45, 2.75) is 44.0 Å². The Bertz CT molecular complexity index is 656. The number of alkyl halides is 3. The summed E-state index contributed by atoms with van der Waals surface area (Å²) in [5, 5.41) is 3.37. The van der Waals surface area contributed by atoms with Gasteiger partial charge in [0, 0.05) is 58.4 Å². The Morgan fingerprint density at radius 2 is 1.53 bits per heavy atom. The number of likely N-dealkylation sites (tertiary alicyclic amines) is 2. The molecule has 9 nitrogen and oxygen atoms in total. The molecule has 0 aliphatic carbocycles. The summed E-state index contributed by atoms with van der Waals surface area (Å²) in [7, 11) is 0. The maximum Gasteiger partial charge on any atom is 0.491 e. The third-order valence-corrected chi connectivity index (χ3v) is 6.25. The zero-order valence-corrected chi connectivity index (χ0v) is 18.1. The van der Waals surface area contributed by atoms with E-state index in [1.165, 1.54) is 0 Å². The SMILES string of the molecule is O=C(COC1CCN(C(=O)CN2CCC(N3CCNCC3)CC2)CC1)OC(=O)C(F)(F)F. The van der Waals surface area contributed by atoms with Gasteiger partial charge in [-0.1, -0.05) is 0 Å². The number of rotatable bonds is 6. The largest absolute Gasteiger partial charge is 0.491 e. The molecule has 182 valence electrons. The van der Waals surface area contributed by atoms with E-state index in [1.54, 1.807) is 4.90 Å². The Balaban J connectivity index is 1.30. The number of ether oxygens (including phenoxy) is 2. The number of hydrogen-bond acceptors (Lipinski definition) is 8. The van der Waals surface area contributed by atoms with Crippen LogP contribution in [0.4, 0.5) is 13.2 Å². The first-order valence-corrected chi connectivity index (χ1v) is 11.1. The molecule has 0 radical (unpaired) electrons. The van der Waals surface area contributed by atoms with E-state index < -0.39 is 24.7 Å². The highest BCUT2D eigenvalue weighted by atomic mass is 19.4. The topological polar surface area (TPSA) is 91.4 Å². The van der Waals surface area contributed by atoms with Crippen molar-refractivity contribution in [3.8, 4) is 0 Å². The number of nitrogens with one attached hydrogen (secondary N) is 1. The molecular weight excluding hydrogens is 433 g/mol. The standard InChI is InChI=1S/C20H31F3N4O5/c21-20(22,23)19(30)32-18(29)14-31-16-3-9-27(10-4-16)17(28)13-25-7-1-15(2-8-25)26-11-5-24-6-12-26/h15-16,24H,1-14H2. The van der Waals surface area contributed by atoms with E-state index in [-0.39, 0.29) is 12.0 Å². The molecule has 3 aliphatic heterocycles. The van der Waals surface area contributed by atoms with Crippen molar-refractivity contribution in [2.75, 3.05) is 65.5 Å². The van der Waals surface area contributed by atoms with Gasteiger partial charge in [0.25, 0.3) is 0 Å². The first-order valence-electron chi connectivity index (χ1n) is 11.1. The lowest BCUT2D eigenvalue weighted by atomic mass is 10.0. The summed E-state index contributed by atoms with van der Waals surface area (Å²) >= 11 is 0. The van der Waals surface area contributed by atoms with Crippen LogP contribution < -0.4 is 5.32 Å². The van der Waals surface area contributed by atoms with Gasteiger partial charge in [-0.25, -0.2) is 9.59 Å². The molecule has 32 heavy (non-hydrogen) atoms. The molecule has 0 unspecified atom stereocenters. The third-order valence-electron chi connectivity index (χ3n) is 6.25. The average molecular weight is 464 g/mol. The predicted octanol–water partition coefficient (Wildman–Crippen LogP) is -0.00430. The second-order valence-electron chi connectivity index (χ2n) is 8.44. The Morgan fingerprint density at radius 1 is 0.906 bits per heavy atom. The van der Waals surface area contributed by atoms with Crippen LogP contribution >= 0.6 is 0 Å². The molecule has 0 aromatic heterocycles. The highest BCUT2D eigenvalue weighted by molar-refractivity contribution is 5.88. The third kappa shape index (κ3) is 7.39. The van der Waals surface area contributed by atoms with Gasteiger partial charge in [0.15, 0.2) is 0 Å². The zero-order valence-electron chi connectivity index (χ0n) is 18.1. The van der Waals surface area contributed by atoms with Crippen LogP contribution in [0.15, 0.2) is 0 Å². The summed E-state index contributed by atoms with van der Waals surface area (Å²) < 4.78 is 45.2. The van der Waals surface area contributed by atoms with Crippen molar-refractivity contribution in [1.82, 2.24) is 20.0 Å². The molecule has 0 spiro atoms. The molecular formula is C20H31F3N4O5. The van der Waals surface area contributed by atoms with E-state index in [2.05, 4.69) is 19.9 Å². The molecule has 0 atom stereocenters. The number of esters is 2. The fourth-order valence-corrected chi connectivity index (χ4v) is 4.43. The second kappa shape index (κ2) is 11.4. The van der Waals surface area contributed by atoms with Crippen LogP contribution in [0.2, 0.25) is 0 Å². The number of hydrogen-bond donors (Lipinski definition) is 1. The first kappa shape index (κ1) is 24.9. The van der Waals surface area contributed by atoms with Crippen LogP contribution in [-0.2, 0) is 23.9 Å². The van der Waals surface area contributed by atoms with Crippen LogP contribution in [0.25, 0.3) is 0 Å². The van der Waals surface area contributed by atoms with Crippen molar-refractivity contribution in [2.24, 2.45) is 0 Å².